The van der Waals surface area contributed by atoms with Gasteiger partial charge in [0.25, 0.3) is 5.91 Å². The van der Waals surface area contributed by atoms with Crippen molar-refractivity contribution in [1.29, 1.82) is 10.8 Å². The summed E-state index contributed by atoms with van der Waals surface area (Å²) in [6.45, 7) is 5.59. The highest BCUT2D eigenvalue weighted by Gasteiger charge is 2.20. The fraction of sp³-hybridized carbons (Fsp3) is 0.190. The summed E-state index contributed by atoms with van der Waals surface area (Å²) >= 11 is 0. The predicted octanol–water partition coefficient (Wildman–Crippen LogP) is 1.60. The minimum Gasteiger partial charge on any atom is -0.460 e. The molecular formula is C21H24N6O3. The predicted molar refractivity (Wildman–Crippen MR) is 116 cm³/mol. The number of guanidine groups is 1. The lowest BCUT2D eigenvalue weighted by Gasteiger charge is -2.25. The molecule has 0 saturated carbocycles. The average molecular weight is 408 g/mol. The molecule has 0 atom stereocenters. The number of nitrogens with one attached hydrogen (secondary N) is 3. The standard InChI is InChI=1S/C21H24N6O3/c1-13(2)20(29)30-12-11-27(3)16-10-9-15(17(22)18(16)23)25-21(24)26-19(28)14-7-5-4-6-8-14/h4-10,22H,1,11-12,23H2,2-3H3,(H2,24,26,28). The van der Waals surface area contributed by atoms with E-state index in [0.29, 0.717) is 23.4 Å². The van der Waals surface area contributed by atoms with Crippen LogP contribution in [0.2, 0.25) is 0 Å². The van der Waals surface area contributed by atoms with E-state index in [-0.39, 0.29) is 23.7 Å². The minimum absolute atomic E-state index is 0.0722. The number of nitrogens with zero attached hydrogens (tertiary/aromatic N) is 2. The first-order valence-electron chi connectivity index (χ1n) is 9.05. The van der Waals surface area contributed by atoms with Gasteiger partial charge in [-0.1, -0.05) is 24.8 Å². The number of hydrogen-bond acceptors (Lipinski definition) is 7. The fourth-order valence-electron chi connectivity index (χ4n) is 2.46. The van der Waals surface area contributed by atoms with Gasteiger partial charge in [-0.05, 0) is 31.2 Å². The smallest absolute Gasteiger partial charge is 0.333 e. The molecule has 9 heteroatoms. The number of hydrogen-bond donors (Lipinski definition) is 4. The molecule has 1 aromatic carbocycles. The number of esters is 1. The summed E-state index contributed by atoms with van der Waals surface area (Å²) in [4.78, 5) is 29.3. The van der Waals surface area contributed by atoms with Crippen LogP contribution in [-0.4, -0.2) is 54.4 Å². The molecule has 0 fully saturated rings. The highest BCUT2D eigenvalue weighted by molar-refractivity contribution is 6.52. The second-order valence-electron chi connectivity index (χ2n) is 6.51. The molecule has 0 radical (unpaired) electrons. The zero-order valence-electron chi connectivity index (χ0n) is 16.9. The van der Waals surface area contributed by atoms with Gasteiger partial charge in [0.15, 0.2) is 0 Å². The average Bonchev–Trinajstić information content (AvgIpc) is 2.71. The van der Waals surface area contributed by atoms with Crippen LogP contribution in [0.5, 0.6) is 0 Å². The Labute approximate surface area is 174 Å². The molecule has 0 spiro atoms. The Morgan fingerprint density at radius 2 is 1.93 bits per heavy atom. The van der Waals surface area contributed by atoms with E-state index in [1.807, 2.05) is 0 Å². The van der Waals surface area contributed by atoms with Gasteiger partial charge >= 0.3 is 5.97 Å². The van der Waals surface area contributed by atoms with Crippen LogP contribution in [0.25, 0.3) is 0 Å². The van der Waals surface area contributed by atoms with E-state index >= 15 is 0 Å². The van der Waals surface area contributed by atoms with Gasteiger partial charge in [-0.2, -0.15) is 0 Å². The third-order valence-electron chi connectivity index (χ3n) is 4.12. The van der Waals surface area contributed by atoms with E-state index in [1.165, 1.54) is 6.08 Å². The van der Waals surface area contributed by atoms with Gasteiger partial charge in [0, 0.05) is 18.2 Å². The van der Waals surface area contributed by atoms with Crippen LogP contribution in [0.15, 0.2) is 71.0 Å². The molecule has 30 heavy (non-hydrogen) atoms. The molecule has 156 valence electrons. The van der Waals surface area contributed by atoms with Gasteiger partial charge in [-0.3, -0.25) is 20.9 Å². The topological polar surface area (TPSA) is 145 Å². The van der Waals surface area contributed by atoms with Crippen LogP contribution >= 0.6 is 0 Å². The van der Waals surface area contributed by atoms with Crippen LogP contribution in [0.4, 0.5) is 0 Å². The van der Waals surface area contributed by atoms with Crippen LogP contribution < -0.4 is 11.1 Å². The number of rotatable bonds is 6. The number of amides is 1. The molecule has 5 N–H and O–H groups in total. The largest absolute Gasteiger partial charge is 0.460 e. The maximum Gasteiger partial charge on any atom is 0.333 e. The molecule has 0 bridgehead atoms. The van der Waals surface area contributed by atoms with Crippen LogP contribution in [-0.2, 0) is 9.53 Å². The molecule has 1 aliphatic rings. The molecule has 0 aromatic heterocycles. The van der Waals surface area contributed by atoms with Gasteiger partial charge in [0.1, 0.15) is 12.3 Å². The van der Waals surface area contributed by atoms with Crippen molar-refractivity contribution in [2.24, 2.45) is 10.7 Å². The summed E-state index contributed by atoms with van der Waals surface area (Å²) in [5, 5.41) is 18.5. The first kappa shape index (κ1) is 22.3. The van der Waals surface area contributed by atoms with Gasteiger partial charge in [-0.25, -0.2) is 9.79 Å². The number of carbonyl (C=O) groups excluding carboxylic acids is 2. The number of allylic oxidation sites excluding steroid dienone is 3. The Morgan fingerprint density at radius 1 is 1.27 bits per heavy atom. The Hall–Kier alpha value is -4.01. The molecule has 1 aromatic rings. The lowest BCUT2D eigenvalue weighted by Crippen LogP contribution is -2.34. The molecule has 0 heterocycles. The molecular weight excluding hydrogens is 384 g/mol. The molecule has 1 aliphatic carbocycles. The van der Waals surface area contributed by atoms with Gasteiger partial charge in [-0.15, -0.1) is 0 Å². The lowest BCUT2D eigenvalue weighted by atomic mass is 10.0. The summed E-state index contributed by atoms with van der Waals surface area (Å²) in [5.74, 6) is -1.34. The first-order valence-corrected chi connectivity index (χ1v) is 9.05. The lowest BCUT2D eigenvalue weighted by molar-refractivity contribution is -0.139. The third-order valence-corrected chi connectivity index (χ3v) is 4.12. The number of ether oxygens (including phenoxy) is 1. The molecule has 0 aliphatic heterocycles. The molecule has 1 amide bonds. The van der Waals surface area contributed by atoms with E-state index < -0.39 is 17.8 Å². The maximum atomic E-state index is 12.1. The number of carbonyl (C=O) groups is 2. The number of nitrogens with two attached hydrogens (primary N) is 1. The molecule has 2 rings (SSSR count). The summed E-state index contributed by atoms with van der Waals surface area (Å²) in [6, 6.07) is 8.45. The third kappa shape index (κ3) is 5.74. The van der Waals surface area contributed by atoms with Crippen LogP contribution in [0, 0.1) is 10.8 Å². The minimum atomic E-state index is -0.470. The Balaban J connectivity index is 2.00. The maximum absolute atomic E-state index is 12.1. The van der Waals surface area contributed by atoms with E-state index in [1.54, 1.807) is 55.3 Å². The van der Waals surface area contributed by atoms with Gasteiger partial charge in [0.05, 0.1) is 23.7 Å². The highest BCUT2D eigenvalue weighted by atomic mass is 16.5. The zero-order valence-corrected chi connectivity index (χ0v) is 16.9. The Kier molecular flexibility index (Phi) is 7.40. The van der Waals surface area contributed by atoms with Crippen molar-refractivity contribution in [3.05, 3.63) is 71.6 Å². The summed E-state index contributed by atoms with van der Waals surface area (Å²) in [6.07, 6.45) is 3.19. The fourth-order valence-corrected chi connectivity index (χ4v) is 2.46. The van der Waals surface area contributed by atoms with Crippen molar-refractivity contribution in [3.63, 3.8) is 0 Å². The summed E-state index contributed by atoms with van der Waals surface area (Å²) in [5.41, 5.74) is 7.57. The number of aliphatic imine (C=N–C) groups is 1. The summed E-state index contributed by atoms with van der Waals surface area (Å²) < 4.78 is 5.06. The zero-order chi connectivity index (χ0) is 22.3. The SMILES string of the molecule is C=C(C)C(=O)OCCN(C)C1=C(N)C(=N)C(=NC(=N)NC(=O)c2ccccc2)C=C1. The van der Waals surface area contributed by atoms with Crippen molar-refractivity contribution in [2.45, 2.75) is 6.92 Å². The molecule has 0 saturated heterocycles. The second-order valence-corrected chi connectivity index (χ2v) is 6.51. The van der Waals surface area contributed by atoms with Crippen molar-refractivity contribution in [2.75, 3.05) is 20.2 Å². The number of likely N-dealkylation sites (N-methyl/N-ethyl adjacent to an activating group) is 1. The van der Waals surface area contributed by atoms with E-state index in [9.17, 15) is 9.59 Å². The van der Waals surface area contributed by atoms with Gasteiger partial charge in [0.2, 0.25) is 5.96 Å². The van der Waals surface area contributed by atoms with E-state index in [2.05, 4.69) is 16.9 Å². The highest BCUT2D eigenvalue weighted by Crippen LogP contribution is 2.14. The second kappa shape index (κ2) is 9.97. The van der Waals surface area contributed by atoms with E-state index in [4.69, 9.17) is 21.3 Å². The monoisotopic (exact) mass is 408 g/mol. The Morgan fingerprint density at radius 3 is 2.57 bits per heavy atom. The normalized spacial score (nSPS) is 14.5. The quantitative estimate of drug-likeness (QED) is 0.186. The van der Waals surface area contributed by atoms with Crippen molar-refractivity contribution in [1.82, 2.24) is 10.2 Å². The van der Waals surface area contributed by atoms with Crippen molar-refractivity contribution in [3.8, 4) is 0 Å². The molecule has 0 unspecified atom stereocenters. The first-order chi connectivity index (χ1) is 14.2. The van der Waals surface area contributed by atoms with E-state index in [0.717, 1.165) is 0 Å². The molecule has 9 nitrogen and oxygen atoms in total. The van der Waals surface area contributed by atoms with Gasteiger partial charge < -0.3 is 15.4 Å². The van der Waals surface area contributed by atoms with Crippen molar-refractivity contribution < 1.29 is 14.3 Å². The van der Waals surface area contributed by atoms with Crippen LogP contribution in [0.3, 0.4) is 0 Å². The Bertz CT molecular complexity index is 976. The summed E-state index contributed by atoms with van der Waals surface area (Å²) in [7, 11) is 1.75. The number of benzene rings is 1. The van der Waals surface area contributed by atoms with Crippen molar-refractivity contribution >= 4 is 29.3 Å². The van der Waals surface area contributed by atoms with Crippen LogP contribution in [0.1, 0.15) is 17.3 Å².